The van der Waals surface area contributed by atoms with Crippen LogP contribution in [0.3, 0.4) is 0 Å². The second-order valence-electron chi connectivity index (χ2n) is 7.39. The van der Waals surface area contributed by atoms with Crippen molar-refractivity contribution < 1.29 is 4.79 Å². The van der Waals surface area contributed by atoms with Crippen molar-refractivity contribution in [3.8, 4) is 0 Å². The lowest BCUT2D eigenvalue weighted by Gasteiger charge is -2.32. The Balaban J connectivity index is 1.52. The Bertz CT molecular complexity index is 959. The van der Waals surface area contributed by atoms with E-state index in [1.807, 2.05) is 38.2 Å². The molecule has 1 atom stereocenters. The van der Waals surface area contributed by atoms with Crippen molar-refractivity contribution in [1.82, 2.24) is 40.0 Å². The molecule has 1 N–H and O–H groups in total. The Morgan fingerprint density at radius 3 is 2.89 bits per heavy atom. The normalized spacial score (nSPS) is 17.8. The predicted molar refractivity (Wildman–Crippen MR) is 100 cm³/mol. The number of rotatable bonds is 4. The minimum absolute atomic E-state index is 0.0280. The number of hydrogen-bond donors (Lipinski definition) is 1. The Morgan fingerprint density at radius 1 is 1.26 bits per heavy atom. The largest absolute Gasteiger partial charge is 0.338 e. The molecule has 0 bridgehead atoms. The highest BCUT2D eigenvalue weighted by atomic mass is 16.2. The lowest BCUT2D eigenvalue weighted by atomic mass is 9.96. The molecule has 0 aliphatic carbocycles. The van der Waals surface area contributed by atoms with E-state index in [9.17, 15) is 4.79 Å². The molecule has 3 aromatic rings. The van der Waals surface area contributed by atoms with Gasteiger partial charge >= 0.3 is 0 Å². The van der Waals surface area contributed by atoms with Gasteiger partial charge in [0.1, 0.15) is 22.7 Å². The van der Waals surface area contributed by atoms with Crippen molar-refractivity contribution in [3.05, 3.63) is 35.4 Å². The Kier molecular flexibility index (Phi) is 4.61. The van der Waals surface area contributed by atoms with Gasteiger partial charge in [0.25, 0.3) is 5.91 Å². The average molecular weight is 368 g/mol. The number of amides is 1. The zero-order valence-corrected chi connectivity index (χ0v) is 15.9. The second kappa shape index (κ2) is 7.07. The number of fused-ring (bicyclic) bond motifs is 1. The average Bonchev–Trinajstić information content (AvgIpc) is 3.27. The molecule has 27 heavy (non-hydrogen) atoms. The van der Waals surface area contributed by atoms with Crippen molar-refractivity contribution in [2.24, 2.45) is 7.05 Å². The van der Waals surface area contributed by atoms with Crippen LogP contribution in [-0.2, 0) is 13.6 Å². The smallest absolute Gasteiger partial charge is 0.253 e. The van der Waals surface area contributed by atoms with Gasteiger partial charge in [-0.25, -0.2) is 0 Å². The van der Waals surface area contributed by atoms with Gasteiger partial charge in [-0.2, -0.15) is 15.4 Å². The molecule has 0 unspecified atom stereocenters. The van der Waals surface area contributed by atoms with E-state index in [-0.39, 0.29) is 11.8 Å². The number of aromatic nitrogens is 6. The molecule has 9 heteroatoms. The topological polar surface area (TPSA) is 95.8 Å². The number of carbonyl (C=O) groups is 1. The molecule has 0 radical (unpaired) electrons. The third-order valence-electron chi connectivity index (χ3n) is 5.09. The molecule has 142 valence electrons. The third-order valence-corrected chi connectivity index (χ3v) is 5.09. The summed E-state index contributed by atoms with van der Waals surface area (Å²) in [5, 5.41) is 19.5. The monoisotopic (exact) mass is 368 g/mol. The lowest BCUT2D eigenvalue weighted by molar-refractivity contribution is 0.0703. The third kappa shape index (κ3) is 3.42. The molecule has 1 amide bonds. The van der Waals surface area contributed by atoms with Gasteiger partial charge in [0, 0.05) is 31.6 Å². The van der Waals surface area contributed by atoms with Crippen LogP contribution in [0.1, 0.15) is 40.8 Å². The first-order valence-electron chi connectivity index (χ1n) is 9.15. The number of H-pyrrole nitrogens is 1. The Hall–Kier alpha value is -2.81. The van der Waals surface area contributed by atoms with Crippen molar-refractivity contribution >= 4 is 16.9 Å². The number of carbonyl (C=O) groups excluding carboxylic acids is 1. The van der Waals surface area contributed by atoms with E-state index in [1.54, 1.807) is 6.07 Å². The van der Waals surface area contributed by atoms with Gasteiger partial charge in [0.2, 0.25) is 0 Å². The van der Waals surface area contributed by atoms with Crippen LogP contribution in [0.4, 0.5) is 0 Å². The first-order valence-corrected chi connectivity index (χ1v) is 9.15. The summed E-state index contributed by atoms with van der Waals surface area (Å²) in [4.78, 5) is 17.0. The van der Waals surface area contributed by atoms with E-state index in [0.717, 1.165) is 43.1 Å². The fourth-order valence-corrected chi connectivity index (χ4v) is 3.68. The molecule has 1 aliphatic heterocycles. The van der Waals surface area contributed by atoms with Crippen molar-refractivity contribution in [3.63, 3.8) is 0 Å². The van der Waals surface area contributed by atoms with Crippen LogP contribution in [0.2, 0.25) is 0 Å². The summed E-state index contributed by atoms with van der Waals surface area (Å²) in [5.41, 5.74) is 2.11. The minimum Gasteiger partial charge on any atom is -0.338 e. The summed E-state index contributed by atoms with van der Waals surface area (Å²) in [6, 6.07) is 5.43. The van der Waals surface area contributed by atoms with Gasteiger partial charge < -0.3 is 14.4 Å². The highest BCUT2D eigenvalue weighted by molar-refractivity contribution is 5.97. The standard InChI is InChI=1S/C18H24N8O/c1-24(2)11-16-21-22-17(25(16)3)13-5-4-8-26(10-13)18(27)12-6-7-14-15(9-12)20-23-19-14/h6-7,9,13H,4-5,8,10-11H2,1-3H3,(H,19,20,23)/t13-/m0/s1. The molecule has 1 saturated heterocycles. The highest BCUT2D eigenvalue weighted by Gasteiger charge is 2.29. The highest BCUT2D eigenvalue weighted by Crippen LogP contribution is 2.27. The molecule has 4 rings (SSSR count). The fourth-order valence-electron chi connectivity index (χ4n) is 3.68. The number of aromatic amines is 1. The van der Waals surface area contributed by atoms with Crippen molar-refractivity contribution in [2.75, 3.05) is 27.2 Å². The van der Waals surface area contributed by atoms with E-state index in [0.29, 0.717) is 17.6 Å². The second-order valence-corrected chi connectivity index (χ2v) is 7.39. The molecular weight excluding hydrogens is 344 g/mol. The van der Waals surface area contributed by atoms with E-state index >= 15 is 0 Å². The minimum atomic E-state index is 0.0280. The number of piperidine rings is 1. The van der Waals surface area contributed by atoms with Gasteiger partial charge in [0.15, 0.2) is 0 Å². The van der Waals surface area contributed by atoms with Gasteiger partial charge in [-0.05, 0) is 45.1 Å². The van der Waals surface area contributed by atoms with Crippen molar-refractivity contribution in [2.45, 2.75) is 25.3 Å². The van der Waals surface area contributed by atoms with Crippen LogP contribution < -0.4 is 0 Å². The van der Waals surface area contributed by atoms with Crippen LogP contribution in [-0.4, -0.2) is 73.1 Å². The zero-order valence-electron chi connectivity index (χ0n) is 15.9. The summed E-state index contributed by atoms with van der Waals surface area (Å²) >= 11 is 0. The summed E-state index contributed by atoms with van der Waals surface area (Å²) in [7, 11) is 6.04. The maximum absolute atomic E-state index is 13.0. The van der Waals surface area contributed by atoms with Crippen LogP contribution in [0.15, 0.2) is 18.2 Å². The predicted octanol–water partition coefficient (Wildman–Crippen LogP) is 1.17. The van der Waals surface area contributed by atoms with E-state index in [1.165, 1.54) is 0 Å². The van der Waals surface area contributed by atoms with Gasteiger partial charge in [-0.15, -0.1) is 10.2 Å². The van der Waals surface area contributed by atoms with Crippen LogP contribution in [0.25, 0.3) is 11.0 Å². The fraction of sp³-hybridized carbons (Fsp3) is 0.500. The molecule has 2 aromatic heterocycles. The molecule has 0 spiro atoms. The summed E-state index contributed by atoms with van der Waals surface area (Å²) in [6.07, 6.45) is 1.97. The Morgan fingerprint density at radius 2 is 2.07 bits per heavy atom. The number of benzene rings is 1. The van der Waals surface area contributed by atoms with Crippen LogP contribution in [0, 0.1) is 0 Å². The van der Waals surface area contributed by atoms with Gasteiger partial charge in [-0.3, -0.25) is 4.79 Å². The molecular formula is C18H24N8O. The molecule has 0 saturated carbocycles. The molecule has 1 fully saturated rings. The Labute approximate surface area is 157 Å². The molecule has 1 aromatic carbocycles. The van der Waals surface area contributed by atoms with Crippen LogP contribution >= 0.6 is 0 Å². The maximum atomic E-state index is 13.0. The number of nitrogens with one attached hydrogen (secondary N) is 1. The first-order chi connectivity index (χ1) is 13.0. The van der Waals surface area contributed by atoms with E-state index in [2.05, 4.69) is 35.1 Å². The quantitative estimate of drug-likeness (QED) is 0.743. The molecule has 1 aliphatic rings. The lowest BCUT2D eigenvalue weighted by Crippen LogP contribution is -2.39. The number of hydrogen-bond acceptors (Lipinski definition) is 6. The SMILES string of the molecule is CN(C)Cc1nnc([C@H]2CCCN(C(=O)c3ccc4n[nH]nc4c3)C2)n1C. The summed E-state index contributed by atoms with van der Waals surface area (Å²) < 4.78 is 2.07. The number of likely N-dealkylation sites (tertiary alicyclic amines) is 1. The first kappa shape index (κ1) is 17.6. The summed E-state index contributed by atoms with van der Waals surface area (Å²) in [6.45, 7) is 2.16. The van der Waals surface area contributed by atoms with Crippen LogP contribution in [0.5, 0.6) is 0 Å². The summed E-state index contributed by atoms with van der Waals surface area (Å²) in [5.74, 6) is 2.12. The van der Waals surface area contributed by atoms with Gasteiger partial charge in [-0.1, -0.05) is 0 Å². The van der Waals surface area contributed by atoms with Crippen molar-refractivity contribution in [1.29, 1.82) is 0 Å². The van der Waals surface area contributed by atoms with E-state index < -0.39 is 0 Å². The van der Waals surface area contributed by atoms with E-state index in [4.69, 9.17) is 0 Å². The number of nitrogens with zero attached hydrogens (tertiary/aromatic N) is 7. The molecule has 3 heterocycles. The van der Waals surface area contributed by atoms with Gasteiger partial charge in [0.05, 0.1) is 6.54 Å². The maximum Gasteiger partial charge on any atom is 0.253 e. The zero-order chi connectivity index (χ0) is 19.0. The molecule has 9 nitrogen and oxygen atoms in total.